The molecule has 0 fully saturated rings. The van der Waals surface area contributed by atoms with Gasteiger partial charge in [0.1, 0.15) is 5.52 Å². The number of nitrogens with zero attached hydrogens (tertiary/aromatic N) is 3. The van der Waals surface area contributed by atoms with E-state index in [1.165, 1.54) is 0 Å². The number of hydrogen-bond acceptors (Lipinski definition) is 3. The predicted octanol–water partition coefficient (Wildman–Crippen LogP) is 2.56. The van der Waals surface area contributed by atoms with Gasteiger partial charge in [-0.3, -0.25) is 4.68 Å². The Balaban J connectivity index is 0.000000138. The molecule has 4 heteroatoms. The van der Waals surface area contributed by atoms with Crippen molar-refractivity contribution < 1.29 is 4.42 Å². The van der Waals surface area contributed by atoms with Gasteiger partial charge >= 0.3 is 0 Å². The van der Waals surface area contributed by atoms with Crippen LogP contribution in [0, 0.1) is 6.92 Å². The van der Waals surface area contributed by atoms with Crippen molar-refractivity contribution in [2.45, 2.75) is 6.92 Å². The van der Waals surface area contributed by atoms with Crippen LogP contribution in [-0.2, 0) is 7.05 Å². The monoisotopic (exact) mass is 215 g/mol. The number of fused-ring (bicyclic) bond motifs is 1. The smallest absolute Gasteiger partial charge is 0.192 e. The minimum absolute atomic E-state index is 0.723. The average Bonchev–Trinajstić information content (AvgIpc) is 2.86. The molecule has 0 unspecified atom stereocenters. The van der Waals surface area contributed by atoms with Crippen molar-refractivity contribution in [1.82, 2.24) is 14.8 Å². The number of hydrogen-bond donors (Lipinski definition) is 0. The molecule has 16 heavy (non-hydrogen) atoms. The summed E-state index contributed by atoms with van der Waals surface area (Å²) >= 11 is 0. The van der Waals surface area contributed by atoms with Gasteiger partial charge in [0.25, 0.3) is 0 Å². The zero-order valence-corrected chi connectivity index (χ0v) is 9.29. The van der Waals surface area contributed by atoms with Crippen LogP contribution >= 0.6 is 0 Å². The molecule has 1 aromatic carbocycles. The Labute approximate surface area is 93.5 Å². The molecule has 2 aromatic heterocycles. The first-order valence-corrected chi connectivity index (χ1v) is 5.01. The van der Waals surface area contributed by atoms with Gasteiger partial charge in [0.2, 0.25) is 0 Å². The highest BCUT2D eigenvalue weighted by Gasteiger charge is 1.97. The van der Waals surface area contributed by atoms with Gasteiger partial charge in [0.15, 0.2) is 11.5 Å². The fourth-order valence-electron chi connectivity index (χ4n) is 1.33. The number of benzene rings is 1. The lowest BCUT2D eigenvalue weighted by atomic mass is 10.3. The molecular formula is C12H13N3O. The zero-order valence-electron chi connectivity index (χ0n) is 9.29. The van der Waals surface area contributed by atoms with Gasteiger partial charge in [-0.15, -0.1) is 0 Å². The fourth-order valence-corrected chi connectivity index (χ4v) is 1.33. The zero-order chi connectivity index (χ0) is 11.4. The van der Waals surface area contributed by atoms with Crippen molar-refractivity contribution >= 4 is 11.1 Å². The third kappa shape index (κ3) is 2.48. The lowest BCUT2D eigenvalue weighted by Gasteiger charge is -1.79. The van der Waals surface area contributed by atoms with E-state index in [1.54, 1.807) is 10.9 Å². The Hall–Kier alpha value is -2.10. The molecule has 0 aliphatic carbocycles. The van der Waals surface area contributed by atoms with Gasteiger partial charge in [-0.1, -0.05) is 12.1 Å². The SMILES string of the molecule is Cc1nc2ccccc2o1.Cn1cccn1. The van der Waals surface area contributed by atoms with Gasteiger partial charge in [-0.25, -0.2) is 4.98 Å². The average molecular weight is 215 g/mol. The third-order valence-corrected chi connectivity index (χ3v) is 2.04. The topological polar surface area (TPSA) is 43.9 Å². The van der Waals surface area contributed by atoms with E-state index in [-0.39, 0.29) is 0 Å². The summed E-state index contributed by atoms with van der Waals surface area (Å²) in [5.41, 5.74) is 1.79. The molecule has 0 aliphatic heterocycles. The lowest BCUT2D eigenvalue weighted by Crippen LogP contribution is -1.83. The molecule has 0 aliphatic rings. The van der Waals surface area contributed by atoms with Gasteiger partial charge in [0, 0.05) is 26.4 Å². The highest BCUT2D eigenvalue weighted by atomic mass is 16.3. The van der Waals surface area contributed by atoms with Crippen molar-refractivity contribution in [2.24, 2.45) is 7.05 Å². The van der Waals surface area contributed by atoms with Crippen LogP contribution in [0.25, 0.3) is 11.1 Å². The molecule has 0 radical (unpaired) electrons. The summed E-state index contributed by atoms with van der Waals surface area (Å²) in [5.74, 6) is 0.723. The van der Waals surface area contributed by atoms with E-state index < -0.39 is 0 Å². The van der Waals surface area contributed by atoms with E-state index in [1.807, 2.05) is 50.5 Å². The number of oxazole rings is 1. The summed E-state index contributed by atoms with van der Waals surface area (Å²) < 4.78 is 7.01. The number of aryl methyl sites for hydroxylation is 2. The first-order valence-electron chi connectivity index (χ1n) is 5.01. The molecule has 2 heterocycles. The Morgan fingerprint density at radius 1 is 1.19 bits per heavy atom. The molecular weight excluding hydrogens is 202 g/mol. The Bertz CT molecular complexity index is 521. The van der Waals surface area contributed by atoms with Crippen LogP contribution < -0.4 is 0 Å². The number of rotatable bonds is 0. The van der Waals surface area contributed by atoms with Gasteiger partial charge < -0.3 is 4.42 Å². The molecule has 3 aromatic rings. The molecule has 3 rings (SSSR count). The van der Waals surface area contributed by atoms with E-state index in [0.29, 0.717) is 0 Å². The van der Waals surface area contributed by atoms with Crippen LogP contribution in [0.5, 0.6) is 0 Å². The highest BCUT2D eigenvalue weighted by Crippen LogP contribution is 2.12. The Morgan fingerprint density at radius 3 is 2.56 bits per heavy atom. The summed E-state index contributed by atoms with van der Waals surface area (Å²) in [4.78, 5) is 4.15. The molecule has 0 bridgehead atoms. The van der Waals surface area contributed by atoms with Crippen LogP contribution in [0.2, 0.25) is 0 Å². The summed E-state index contributed by atoms with van der Waals surface area (Å²) in [6.07, 6.45) is 3.64. The summed E-state index contributed by atoms with van der Waals surface area (Å²) in [7, 11) is 1.89. The second kappa shape index (κ2) is 4.61. The summed E-state index contributed by atoms with van der Waals surface area (Å²) in [5, 5.41) is 3.83. The van der Waals surface area contributed by atoms with Gasteiger partial charge in [-0.05, 0) is 18.2 Å². The maximum atomic E-state index is 5.26. The van der Waals surface area contributed by atoms with Gasteiger partial charge in [0.05, 0.1) is 0 Å². The molecule has 82 valence electrons. The first kappa shape index (κ1) is 10.4. The van der Waals surface area contributed by atoms with Crippen molar-refractivity contribution in [3.63, 3.8) is 0 Å². The van der Waals surface area contributed by atoms with Crippen molar-refractivity contribution in [2.75, 3.05) is 0 Å². The quantitative estimate of drug-likeness (QED) is 0.579. The molecule has 0 atom stereocenters. The molecule has 0 saturated heterocycles. The molecule has 0 amide bonds. The largest absolute Gasteiger partial charge is 0.441 e. The predicted molar refractivity (Wildman–Crippen MR) is 62.0 cm³/mol. The Morgan fingerprint density at radius 2 is 2.00 bits per heavy atom. The van der Waals surface area contributed by atoms with E-state index in [9.17, 15) is 0 Å². The van der Waals surface area contributed by atoms with Gasteiger partial charge in [-0.2, -0.15) is 5.10 Å². The van der Waals surface area contributed by atoms with E-state index >= 15 is 0 Å². The minimum atomic E-state index is 0.723. The van der Waals surface area contributed by atoms with E-state index in [0.717, 1.165) is 17.0 Å². The van der Waals surface area contributed by atoms with Crippen molar-refractivity contribution in [1.29, 1.82) is 0 Å². The van der Waals surface area contributed by atoms with E-state index in [4.69, 9.17) is 4.42 Å². The second-order valence-corrected chi connectivity index (χ2v) is 3.38. The number of aromatic nitrogens is 3. The maximum Gasteiger partial charge on any atom is 0.192 e. The van der Waals surface area contributed by atoms with Crippen LogP contribution in [-0.4, -0.2) is 14.8 Å². The fraction of sp³-hybridized carbons (Fsp3) is 0.167. The lowest BCUT2D eigenvalue weighted by molar-refractivity contribution is 0.561. The number of para-hydroxylation sites is 2. The summed E-state index contributed by atoms with van der Waals surface area (Å²) in [6, 6.07) is 9.62. The van der Waals surface area contributed by atoms with Crippen molar-refractivity contribution in [3.8, 4) is 0 Å². The molecule has 0 spiro atoms. The van der Waals surface area contributed by atoms with Crippen LogP contribution in [0.15, 0.2) is 47.1 Å². The van der Waals surface area contributed by atoms with Crippen LogP contribution in [0.1, 0.15) is 5.89 Å². The maximum absolute atomic E-state index is 5.26. The molecule has 0 saturated carbocycles. The first-order chi connectivity index (χ1) is 7.75. The molecule has 4 nitrogen and oxygen atoms in total. The standard InChI is InChI=1S/C8H7NO.C4H6N2/c1-6-9-7-4-2-3-5-8(7)10-6;1-6-4-2-3-5-6/h2-5H,1H3;2-4H,1H3. The van der Waals surface area contributed by atoms with Crippen LogP contribution in [0.3, 0.4) is 0 Å². The van der Waals surface area contributed by atoms with E-state index in [2.05, 4.69) is 10.1 Å². The van der Waals surface area contributed by atoms with Crippen LogP contribution in [0.4, 0.5) is 0 Å². The Kier molecular flexibility index (Phi) is 3.00. The van der Waals surface area contributed by atoms with Crippen molar-refractivity contribution in [3.05, 3.63) is 48.6 Å². The highest BCUT2D eigenvalue weighted by molar-refractivity contribution is 5.71. The second-order valence-electron chi connectivity index (χ2n) is 3.38. The normalized spacial score (nSPS) is 9.88. The molecule has 0 N–H and O–H groups in total. The minimum Gasteiger partial charge on any atom is -0.441 e. The summed E-state index contributed by atoms with van der Waals surface area (Å²) in [6.45, 7) is 1.85. The third-order valence-electron chi connectivity index (χ3n) is 2.04.